The van der Waals surface area contributed by atoms with Gasteiger partial charge in [0, 0.05) is 21.4 Å². The predicted octanol–water partition coefficient (Wildman–Crippen LogP) is 2.46. The second-order valence-electron chi connectivity index (χ2n) is 3.31. The molecule has 5 heteroatoms. The van der Waals surface area contributed by atoms with E-state index in [2.05, 4.69) is 31.1 Å². The normalized spacial score (nSPS) is 11.3. The van der Waals surface area contributed by atoms with Crippen molar-refractivity contribution in [3.05, 3.63) is 28.9 Å². The fourth-order valence-electron chi connectivity index (χ4n) is 1.70. The predicted molar refractivity (Wildman–Crippen MR) is 63.5 cm³/mol. The Balaban J connectivity index is 2.60. The molecule has 2 aromatic heterocycles. The van der Waals surface area contributed by atoms with Crippen LogP contribution in [0.5, 0.6) is 0 Å². The minimum atomic E-state index is 0.455. The standard InChI is InChI=1S/C10H7BrN4/c11-5-1-2-6-7-4-13-15-9(7)10(12)14-8(6)3-5/h1-4H,(H2,12,14)(H,13,15). The third kappa shape index (κ3) is 1.20. The molecule has 0 radical (unpaired) electrons. The summed E-state index contributed by atoms with van der Waals surface area (Å²) in [6.45, 7) is 0. The van der Waals surface area contributed by atoms with Gasteiger partial charge in [0.15, 0.2) is 5.82 Å². The highest BCUT2D eigenvalue weighted by atomic mass is 79.9. The van der Waals surface area contributed by atoms with Crippen LogP contribution in [0.15, 0.2) is 28.9 Å². The fraction of sp³-hybridized carbons (Fsp3) is 0. The zero-order valence-electron chi connectivity index (χ0n) is 7.66. The lowest BCUT2D eigenvalue weighted by atomic mass is 10.1. The molecule has 0 unspecified atom stereocenters. The van der Waals surface area contributed by atoms with Crippen LogP contribution in [0.25, 0.3) is 21.8 Å². The smallest absolute Gasteiger partial charge is 0.152 e. The molecule has 0 saturated heterocycles. The highest BCUT2D eigenvalue weighted by molar-refractivity contribution is 9.10. The highest BCUT2D eigenvalue weighted by Crippen LogP contribution is 2.27. The van der Waals surface area contributed by atoms with Crippen molar-refractivity contribution in [3.63, 3.8) is 0 Å². The number of hydrogen-bond acceptors (Lipinski definition) is 3. The zero-order chi connectivity index (χ0) is 10.4. The molecule has 0 spiro atoms. The molecular formula is C10H7BrN4. The summed E-state index contributed by atoms with van der Waals surface area (Å²) in [5.74, 6) is 0.455. The van der Waals surface area contributed by atoms with Gasteiger partial charge in [0.2, 0.25) is 0 Å². The van der Waals surface area contributed by atoms with Crippen molar-refractivity contribution in [3.8, 4) is 0 Å². The van der Waals surface area contributed by atoms with Gasteiger partial charge in [0.05, 0.1) is 5.52 Å². The van der Waals surface area contributed by atoms with Gasteiger partial charge in [-0.3, -0.25) is 5.10 Å². The number of rotatable bonds is 0. The zero-order valence-corrected chi connectivity index (χ0v) is 9.25. The summed E-state index contributed by atoms with van der Waals surface area (Å²) in [6, 6.07) is 5.93. The molecule has 4 nitrogen and oxygen atoms in total. The van der Waals surface area contributed by atoms with Gasteiger partial charge >= 0.3 is 0 Å². The van der Waals surface area contributed by atoms with E-state index in [-0.39, 0.29) is 0 Å². The summed E-state index contributed by atoms with van der Waals surface area (Å²) >= 11 is 3.41. The molecule has 0 bridgehead atoms. The average molecular weight is 263 g/mol. The minimum absolute atomic E-state index is 0.455. The number of nitrogens with one attached hydrogen (secondary N) is 1. The lowest BCUT2D eigenvalue weighted by Gasteiger charge is -2.01. The number of aromatic nitrogens is 3. The number of nitrogens with two attached hydrogens (primary N) is 1. The number of pyridine rings is 1. The van der Waals surface area contributed by atoms with Gasteiger partial charge in [-0.05, 0) is 12.1 Å². The van der Waals surface area contributed by atoms with Crippen LogP contribution < -0.4 is 5.73 Å². The number of aromatic amines is 1. The number of anilines is 1. The summed E-state index contributed by atoms with van der Waals surface area (Å²) in [4.78, 5) is 4.30. The molecule has 3 N–H and O–H groups in total. The largest absolute Gasteiger partial charge is 0.382 e. The molecule has 15 heavy (non-hydrogen) atoms. The highest BCUT2D eigenvalue weighted by Gasteiger charge is 2.07. The monoisotopic (exact) mass is 262 g/mol. The van der Waals surface area contributed by atoms with Crippen molar-refractivity contribution in [2.45, 2.75) is 0 Å². The second kappa shape index (κ2) is 2.93. The van der Waals surface area contributed by atoms with E-state index in [9.17, 15) is 0 Å². The fourth-order valence-corrected chi connectivity index (χ4v) is 2.05. The average Bonchev–Trinajstić information content (AvgIpc) is 2.66. The van der Waals surface area contributed by atoms with Gasteiger partial charge in [0.25, 0.3) is 0 Å². The first-order valence-corrected chi connectivity index (χ1v) is 5.23. The van der Waals surface area contributed by atoms with Gasteiger partial charge in [0.1, 0.15) is 5.52 Å². The van der Waals surface area contributed by atoms with Crippen LogP contribution in [0.3, 0.4) is 0 Å². The van der Waals surface area contributed by atoms with E-state index in [1.807, 2.05) is 24.4 Å². The van der Waals surface area contributed by atoms with Gasteiger partial charge in [-0.1, -0.05) is 22.0 Å². The van der Waals surface area contributed by atoms with Gasteiger partial charge in [-0.25, -0.2) is 4.98 Å². The van der Waals surface area contributed by atoms with Crippen molar-refractivity contribution in [2.24, 2.45) is 0 Å². The van der Waals surface area contributed by atoms with Crippen molar-refractivity contribution < 1.29 is 0 Å². The molecule has 0 atom stereocenters. The number of nitrogens with zero attached hydrogens (tertiary/aromatic N) is 2. The van der Waals surface area contributed by atoms with Crippen LogP contribution in [-0.2, 0) is 0 Å². The first-order valence-electron chi connectivity index (χ1n) is 4.44. The van der Waals surface area contributed by atoms with Crippen LogP contribution in [0.1, 0.15) is 0 Å². The Bertz CT molecular complexity index is 659. The molecule has 0 aliphatic heterocycles. The number of benzene rings is 1. The molecule has 1 aromatic carbocycles. The van der Waals surface area contributed by atoms with Crippen molar-refractivity contribution in [1.82, 2.24) is 15.2 Å². The Morgan fingerprint density at radius 1 is 1.27 bits per heavy atom. The first kappa shape index (κ1) is 8.67. The Labute approximate surface area is 93.6 Å². The minimum Gasteiger partial charge on any atom is -0.382 e. The number of fused-ring (bicyclic) bond motifs is 3. The first-order chi connectivity index (χ1) is 7.25. The third-order valence-corrected chi connectivity index (χ3v) is 2.87. The molecule has 2 heterocycles. The summed E-state index contributed by atoms with van der Waals surface area (Å²) in [7, 11) is 0. The molecule has 3 rings (SSSR count). The molecule has 0 amide bonds. The lowest BCUT2D eigenvalue weighted by molar-refractivity contribution is 1.12. The second-order valence-corrected chi connectivity index (χ2v) is 4.22. The van der Waals surface area contributed by atoms with Crippen molar-refractivity contribution in [1.29, 1.82) is 0 Å². The maximum absolute atomic E-state index is 5.81. The SMILES string of the molecule is Nc1nc2cc(Br)ccc2c2c[nH]nc12. The Hall–Kier alpha value is -1.62. The number of hydrogen-bond donors (Lipinski definition) is 2. The van der Waals surface area contributed by atoms with Crippen LogP contribution in [-0.4, -0.2) is 15.2 Å². The summed E-state index contributed by atoms with van der Waals surface area (Å²) in [6.07, 6.45) is 1.84. The van der Waals surface area contributed by atoms with Crippen LogP contribution >= 0.6 is 15.9 Å². The maximum Gasteiger partial charge on any atom is 0.152 e. The molecule has 74 valence electrons. The van der Waals surface area contributed by atoms with Gasteiger partial charge < -0.3 is 5.73 Å². The molecule has 0 aliphatic rings. The van der Waals surface area contributed by atoms with E-state index in [4.69, 9.17) is 5.73 Å². The Morgan fingerprint density at radius 3 is 3.00 bits per heavy atom. The summed E-state index contributed by atoms with van der Waals surface area (Å²) in [5.41, 5.74) is 7.41. The lowest BCUT2D eigenvalue weighted by Crippen LogP contribution is -1.92. The van der Waals surface area contributed by atoms with E-state index < -0.39 is 0 Å². The summed E-state index contributed by atoms with van der Waals surface area (Å²) in [5, 5.41) is 8.93. The Morgan fingerprint density at radius 2 is 2.13 bits per heavy atom. The van der Waals surface area contributed by atoms with E-state index in [0.717, 1.165) is 26.3 Å². The number of H-pyrrole nitrogens is 1. The number of halogens is 1. The van der Waals surface area contributed by atoms with Crippen molar-refractivity contribution >= 4 is 43.6 Å². The number of nitrogen functional groups attached to an aromatic ring is 1. The topological polar surface area (TPSA) is 67.6 Å². The summed E-state index contributed by atoms with van der Waals surface area (Å²) < 4.78 is 0.991. The third-order valence-electron chi connectivity index (χ3n) is 2.37. The van der Waals surface area contributed by atoms with E-state index >= 15 is 0 Å². The van der Waals surface area contributed by atoms with Crippen LogP contribution in [0, 0.1) is 0 Å². The van der Waals surface area contributed by atoms with Crippen molar-refractivity contribution in [2.75, 3.05) is 5.73 Å². The van der Waals surface area contributed by atoms with E-state index in [0.29, 0.717) is 5.82 Å². The molecule has 0 fully saturated rings. The van der Waals surface area contributed by atoms with Crippen LogP contribution in [0.4, 0.5) is 5.82 Å². The molecule has 0 aliphatic carbocycles. The van der Waals surface area contributed by atoms with Crippen LogP contribution in [0.2, 0.25) is 0 Å². The maximum atomic E-state index is 5.81. The Kier molecular flexibility index (Phi) is 1.70. The van der Waals surface area contributed by atoms with E-state index in [1.54, 1.807) is 0 Å². The van der Waals surface area contributed by atoms with Gasteiger partial charge in [-0.2, -0.15) is 5.10 Å². The molecule has 3 aromatic rings. The van der Waals surface area contributed by atoms with E-state index in [1.165, 1.54) is 0 Å². The molecule has 0 saturated carbocycles. The molecular weight excluding hydrogens is 256 g/mol. The quantitative estimate of drug-likeness (QED) is 0.654. The van der Waals surface area contributed by atoms with Gasteiger partial charge in [-0.15, -0.1) is 0 Å².